The zero-order valence-corrected chi connectivity index (χ0v) is 18.0. The van der Waals surface area contributed by atoms with Crippen LogP contribution in [0.1, 0.15) is 37.4 Å². The molecule has 1 aromatic heterocycles. The van der Waals surface area contributed by atoms with Crippen molar-refractivity contribution in [3.05, 3.63) is 86.1 Å². The number of pyridine rings is 1. The van der Waals surface area contributed by atoms with Gasteiger partial charge in [-0.15, -0.1) is 0 Å². The number of rotatable bonds is 6. The average Bonchev–Trinajstić information content (AvgIpc) is 2.75. The first-order chi connectivity index (χ1) is 14.4. The molecule has 0 radical (unpaired) electrons. The van der Waals surface area contributed by atoms with Gasteiger partial charge in [-0.2, -0.15) is 5.26 Å². The van der Waals surface area contributed by atoms with Gasteiger partial charge in [0.25, 0.3) is 0 Å². The van der Waals surface area contributed by atoms with E-state index in [4.69, 9.17) is 26.3 Å². The zero-order chi connectivity index (χ0) is 21.7. The van der Waals surface area contributed by atoms with Crippen LogP contribution >= 0.6 is 27.5 Å². The highest BCUT2D eigenvalue weighted by atomic mass is 79.9. The van der Waals surface area contributed by atoms with E-state index >= 15 is 0 Å². The van der Waals surface area contributed by atoms with Crippen LogP contribution in [-0.2, 0) is 6.61 Å². The highest BCUT2D eigenvalue weighted by Gasteiger charge is 2.17. The van der Waals surface area contributed by atoms with Gasteiger partial charge in [0.15, 0.2) is 12.0 Å². The molecule has 0 unspecified atom stereocenters. The molecule has 0 aliphatic heterocycles. The standard InChI is InChI=1S/C22H14BrClN2O4/c1-13-17(3-2-4-18(13)23)22(28)30-21-7-20(16(11-27)6-19(21)24)29-12-15-5-14(8-25)9-26-10-15/h2-7,9-11H,12H2,1H3. The molecule has 0 aliphatic carbocycles. The molecule has 0 atom stereocenters. The summed E-state index contributed by atoms with van der Waals surface area (Å²) in [6.07, 6.45) is 3.58. The van der Waals surface area contributed by atoms with E-state index in [0.717, 1.165) is 10.0 Å². The predicted molar refractivity (Wildman–Crippen MR) is 114 cm³/mol. The highest BCUT2D eigenvalue weighted by molar-refractivity contribution is 9.10. The molecule has 6 nitrogen and oxygen atoms in total. The Hall–Kier alpha value is -3.21. The summed E-state index contributed by atoms with van der Waals surface area (Å²) in [4.78, 5) is 28.0. The minimum Gasteiger partial charge on any atom is -0.488 e. The number of aldehydes is 1. The maximum Gasteiger partial charge on any atom is 0.343 e. The van der Waals surface area contributed by atoms with Gasteiger partial charge in [-0.05, 0) is 36.8 Å². The van der Waals surface area contributed by atoms with Gasteiger partial charge in [0.2, 0.25) is 0 Å². The third-order valence-electron chi connectivity index (χ3n) is 4.20. The summed E-state index contributed by atoms with van der Waals surface area (Å²) < 4.78 is 11.9. The highest BCUT2D eigenvalue weighted by Crippen LogP contribution is 2.33. The molecule has 0 N–H and O–H groups in total. The van der Waals surface area contributed by atoms with Gasteiger partial charge in [-0.3, -0.25) is 9.78 Å². The van der Waals surface area contributed by atoms with E-state index in [1.165, 1.54) is 18.3 Å². The Bertz CT molecular complexity index is 1170. The van der Waals surface area contributed by atoms with E-state index in [2.05, 4.69) is 20.9 Å². The van der Waals surface area contributed by atoms with Gasteiger partial charge in [-0.25, -0.2) is 4.79 Å². The minimum atomic E-state index is -0.591. The first kappa shape index (κ1) is 21.5. The van der Waals surface area contributed by atoms with Crippen LogP contribution in [-0.4, -0.2) is 17.2 Å². The summed E-state index contributed by atoms with van der Waals surface area (Å²) in [6.45, 7) is 1.85. The molecule has 30 heavy (non-hydrogen) atoms. The van der Waals surface area contributed by atoms with Gasteiger partial charge in [-0.1, -0.05) is 33.6 Å². The molecule has 1 heterocycles. The normalized spacial score (nSPS) is 10.2. The smallest absolute Gasteiger partial charge is 0.343 e. The molecular weight excluding hydrogens is 472 g/mol. The predicted octanol–water partition coefficient (Wildman–Crippen LogP) is 5.29. The maximum atomic E-state index is 12.6. The topological polar surface area (TPSA) is 89.3 Å². The molecule has 0 spiro atoms. The van der Waals surface area contributed by atoms with Gasteiger partial charge < -0.3 is 9.47 Å². The molecule has 0 amide bonds. The number of nitrogens with zero attached hydrogens (tertiary/aromatic N) is 2. The quantitative estimate of drug-likeness (QED) is 0.268. The van der Waals surface area contributed by atoms with Crippen molar-refractivity contribution in [2.75, 3.05) is 0 Å². The van der Waals surface area contributed by atoms with Crippen molar-refractivity contribution in [2.24, 2.45) is 0 Å². The molecule has 150 valence electrons. The van der Waals surface area contributed by atoms with Crippen LogP contribution in [0.5, 0.6) is 11.5 Å². The Balaban J connectivity index is 1.85. The van der Waals surface area contributed by atoms with Crippen molar-refractivity contribution >= 4 is 39.8 Å². The fourth-order valence-corrected chi connectivity index (χ4v) is 3.19. The Morgan fingerprint density at radius 3 is 2.80 bits per heavy atom. The lowest BCUT2D eigenvalue weighted by molar-refractivity contribution is 0.0733. The van der Waals surface area contributed by atoms with Crippen molar-refractivity contribution < 1.29 is 19.1 Å². The van der Waals surface area contributed by atoms with Crippen LogP contribution in [0.15, 0.2) is 53.3 Å². The number of halogens is 2. The number of hydrogen-bond acceptors (Lipinski definition) is 6. The van der Waals surface area contributed by atoms with Crippen LogP contribution in [0, 0.1) is 18.3 Å². The molecular formula is C22H14BrClN2O4. The molecule has 0 saturated heterocycles. The van der Waals surface area contributed by atoms with E-state index in [1.54, 1.807) is 31.3 Å². The number of aromatic nitrogens is 1. The van der Waals surface area contributed by atoms with Crippen molar-refractivity contribution in [1.29, 1.82) is 5.26 Å². The van der Waals surface area contributed by atoms with E-state index in [-0.39, 0.29) is 28.7 Å². The van der Waals surface area contributed by atoms with Gasteiger partial charge in [0.05, 0.1) is 21.7 Å². The summed E-state index contributed by atoms with van der Waals surface area (Å²) in [5.74, 6) is -0.345. The summed E-state index contributed by atoms with van der Waals surface area (Å²) in [7, 11) is 0. The molecule has 8 heteroatoms. The Kier molecular flexibility index (Phi) is 6.83. The largest absolute Gasteiger partial charge is 0.488 e. The molecule has 0 aliphatic rings. The van der Waals surface area contributed by atoms with Crippen molar-refractivity contribution in [3.63, 3.8) is 0 Å². The van der Waals surface area contributed by atoms with Crippen LogP contribution < -0.4 is 9.47 Å². The number of hydrogen-bond donors (Lipinski definition) is 0. The van der Waals surface area contributed by atoms with E-state index in [9.17, 15) is 9.59 Å². The molecule has 3 aromatic rings. The number of esters is 1. The lowest BCUT2D eigenvalue weighted by atomic mass is 10.1. The Morgan fingerprint density at radius 2 is 2.07 bits per heavy atom. The first-order valence-corrected chi connectivity index (χ1v) is 9.83. The van der Waals surface area contributed by atoms with Crippen molar-refractivity contribution in [1.82, 2.24) is 4.98 Å². The summed E-state index contributed by atoms with van der Waals surface area (Å²) in [5.41, 5.74) is 2.33. The van der Waals surface area contributed by atoms with E-state index < -0.39 is 5.97 Å². The second-order valence-corrected chi connectivity index (χ2v) is 7.48. The van der Waals surface area contributed by atoms with Crippen LogP contribution in [0.4, 0.5) is 0 Å². The van der Waals surface area contributed by atoms with Crippen LogP contribution in [0.25, 0.3) is 0 Å². The van der Waals surface area contributed by atoms with Crippen molar-refractivity contribution in [3.8, 4) is 17.6 Å². The second-order valence-electron chi connectivity index (χ2n) is 6.22. The first-order valence-electron chi connectivity index (χ1n) is 8.65. The molecule has 0 bridgehead atoms. The van der Waals surface area contributed by atoms with Gasteiger partial charge in [0, 0.05) is 28.5 Å². The fraction of sp³-hybridized carbons (Fsp3) is 0.0909. The third kappa shape index (κ3) is 4.85. The molecule has 0 fully saturated rings. The SMILES string of the molecule is Cc1c(Br)cccc1C(=O)Oc1cc(OCc2cncc(C#N)c2)c(C=O)cc1Cl. The average molecular weight is 486 g/mol. The number of carbonyl (C=O) groups is 2. The Labute approximate surface area is 186 Å². The van der Waals surface area contributed by atoms with Gasteiger partial charge >= 0.3 is 5.97 Å². The minimum absolute atomic E-state index is 0.0586. The van der Waals surface area contributed by atoms with Crippen LogP contribution in [0.3, 0.4) is 0 Å². The van der Waals surface area contributed by atoms with Crippen LogP contribution in [0.2, 0.25) is 5.02 Å². The summed E-state index contributed by atoms with van der Waals surface area (Å²) in [6, 6.07) is 11.6. The number of ether oxygens (including phenoxy) is 2. The second kappa shape index (κ2) is 9.53. The summed E-state index contributed by atoms with van der Waals surface area (Å²) in [5, 5.41) is 9.06. The molecule has 3 rings (SSSR count). The lowest BCUT2D eigenvalue weighted by Gasteiger charge is -2.13. The zero-order valence-electron chi connectivity index (χ0n) is 15.7. The van der Waals surface area contributed by atoms with Crippen molar-refractivity contribution in [2.45, 2.75) is 13.5 Å². The van der Waals surface area contributed by atoms with E-state index in [0.29, 0.717) is 23.0 Å². The molecule has 2 aromatic carbocycles. The number of benzene rings is 2. The van der Waals surface area contributed by atoms with E-state index in [1.807, 2.05) is 12.1 Å². The number of nitriles is 1. The monoisotopic (exact) mass is 484 g/mol. The third-order valence-corrected chi connectivity index (χ3v) is 5.35. The molecule has 0 saturated carbocycles. The number of carbonyl (C=O) groups excluding carboxylic acids is 2. The van der Waals surface area contributed by atoms with Gasteiger partial charge in [0.1, 0.15) is 18.4 Å². The summed E-state index contributed by atoms with van der Waals surface area (Å²) >= 11 is 9.57. The fourth-order valence-electron chi connectivity index (χ4n) is 2.62. The Morgan fingerprint density at radius 1 is 1.27 bits per heavy atom. The lowest BCUT2D eigenvalue weighted by Crippen LogP contribution is -2.11. The maximum absolute atomic E-state index is 12.6.